The van der Waals surface area contributed by atoms with E-state index in [2.05, 4.69) is 10.6 Å². The normalized spacial score (nSPS) is 10.2. The Morgan fingerprint density at radius 3 is 2.47 bits per heavy atom. The third-order valence-electron chi connectivity index (χ3n) is 4.03. The predicted molar refractivity (Wildman–Crippen MR) is 108 cm³/mol. The van der Waals surface area contributed by atoms with Gasteiger partial charge in [-0.05, 0) is 43.3 Å². The molecule has 0 aliphatic carbocycles. The third-order valence-corrected chi connectivity index (χ3v) is 4.03. The van der Waals surface area contributed by atoms with Crippen LogP contribution in [-0.2, 0) is 9.53 Å². The number of ketones is 1. The van der Waals surface area contributed by atoms with Gasteiger partial charge >= 0.3 is 5.97 Å². The Morgan fingerprint density at radius 2 is 1.73 bits per heavy atom. The summed E-state index contributed by atoms with van der Waals surface area (Å²) in [5.74, 6) is -1.92. The summed E-state index contributed by atoms with van der Waals surface area (Å²) in [6.07, 6.45) is 1.36. The molecule has 0 aliphatic rings. The molecule has 1 aromatic heterocycles. The molecular formula is C22H18N2O6. The summed E-state index contributed by atoms with van der Waals surface area (Å²) in [7, 11) is 0. The molecular weight excluding hydrogens is 388 g/mol. The first kappa shape index (κ1) is 20.5. The maximum atomic E-state index is 12.4. The van der Waals surface area contributed by atoms with Gasteiger partial charge < -0.3 is 19.8 Å². The average molecular weight is 406 g/mol. The molecule has 2 aromatic carbocycles. The summed E-state index contributed by atoms with van der Waals surface area (Å²) in [5, 5.41) is 5.13. The van der Waals surface area contributed by atoms with Gasteiger partial charge in [0.2, 0.25) is 0 Å². The minimum absolute atomic E-state index is 0.0868. The number of hydrogen-bond acceptors (Lipinski definition) is 6. The van der Waals surface area contributed by atoms with Gasteiger partial charge in [-0.25, -0.2) is 4.79 Å². The predicted octanol–water partition coefficient (Wildman–Crippen LogP) is 3.53. The highest BCUT2D eigenvalue weighted by atomic mass is 16.5. The Morgan fingerprint density at radius 1 is 0.933 bits per heavy atom. The molecule has 2 N–H and O–H groups in total. The lowest BCUT2D eigenvalue weighted by Crippen LogP contribution is -2.22. The molecule has 3 rings (SSSR count). The first-order valence-electron chi connectivity index (χ1n) is 8.96. The van der Waals surface area contributed by atoms with Crippen molar-refractivity contribution in [1.82, 2.24) is 0 Å². The van der Waals surface area contributed by atoms with Crippen LogP contribution < -0.4 is 10.6 Å². The fourth-order valence-corrected chi connectivity index (χ4v) is 2.58. The Balaban J connectivity index is 1.61. The van der Waals surface area contributed by atoms with E-state index in [1.165, 1.54) is 37.5 Å². The number of para-hydroxylation sites is 1. The van der Waals surface area contributed by atoms with E-state index in [-0.39, 0.29) is 22.8 Å². The molecule has 152 valence electrons. The van der Waals surface area contributed by atoms with Gasteiger partial charge in [0.05, 0.1) is 17.5 Å². The van der Waals surface area contributed by atoms with Gasteiger partial charge in [-0.2, -0.15) is 0 Å². The number of carbonyl (C=O) groups is 4. The fourth-order valence-electron chi connectivity index (χ4n) is 2.58. The smallest absolute Gasteiger partial charge is 0.340 e. The van der Waals surface area contributed by atoms with Crippen LogP contribution in [0, 0.1) is 0 Å². The van der Waals surface area contributed by atoms with E-state index in [1.54, 1.807) is 36.4 Å². The van der Waals surface area contributed by atoms with Crippen molar-refractivity contribution in [2.75, 3.05) is 17.2 Å². The van der Waals surface area contributed by atoms with Crippen LogP contribution in [-0.4, -0.2) is 30.2 Å². The number of furan rings is 1. The lowest BCUT2D eigenvalue weighted by molar-refractivity contribution is -0.119. The summed E-state index contributed by atoms with van der Waals surface area (Å²) in [6.45, 7) is 0.883. The minimum Gasteiger partial charge on any atom is -0.459 e. The Kier molecular flexibility index (Phi) is 6.39. The molecule has 0 saturated heterocycles. The fraction of sp³-hybridized carbons (Fsp3) is 0.0909. The molecule has 3 aromatic rings. The average Bonchev–Trinajstić information content (AvgIpc) is 3.28. The molecule has 0 unspecified atom stereocenters. The third kappa shape index (κ3) is 5.20. The van der Waals surface area contributed by atoms with Gasteiger partial charge in [0.15, 0.2) is 18.2 Å². The largest absolute Gasteiger partial charge is 0.459 e. The minimum atomic E-state index is -0.780. The van der Waals surface area contributed by atoms with Gasteiger partial charge in [-0.1, -0.05) is 24.3 Å². The summed E-state index contributed by atoms with van der Waals surface area (Å²) in [5.41, 5.74) is 1.17. The van der Waals surface area contributed by atoms with E-state index < -0.39 is 24.4 Å². The van der Waals surface area contributed by atoms with Crippen LogP contribution in [0.3, 0.4) is 0 Å². The molecule has 0 radical (unpaired) electrons. The van der Waals surface area contributed by atoms with Crippen LogP contribution >= 0.6 is 0 Å². The molecule has 0 fully saturated rings. The molecule has 0 atom stereocenters. The number of hydrogen-bond donors (Lipinski definition) is 2. The van der Waals surface area contributed by atoms with E-state index in [0.717, 1.165) is 0 Å². The number of carbonyl (C=O) groups excluding carboxylic acids is 4. The Bertz CT molecular complexity index is 1090. The number of rotatable bonds is 7. The lowest BCUT2D eigenvalue weighted by Gasteiger charge is -2.11. The number of amides is 2. The van der Waals surface area contributed by atoms with Crippen LogP contribution in [0.1, 0.15) is 38.2 Å². The molecule has 0 spiro atoms. The number of benzene rings is 2. The molecule has 8 nitrogen and oxygen atoms in total. The highest BCUT2D eigenvalue weighted by molar-refractivity contribution is 6.07. The zero-order valence-corrected chi connectivity index (χ0v) is 16.0. The number of Topliss-reactive ketones (excluding diaryl/α,β-unsaturated/α-hetero) is 1. The standard InChI is InChI=1S/C22H18N2O6/c1-14(25)15-6-4-7-16(12-15)23-20(26)13-30-22(28)17-8-2-3-9-18(17)24-21(27)19-10-5-11-29-19/h2-12H,13H2,1H3,(H,23,26)(H,24,27). The second kappa shape index (κ2) is 9.33. The Hall–Kier alpha value is -4.20. The summed E-state index contributed by atoms with van der Waals surface area (Å²) >= 11 is 0. The van der Waals surface area contributed by atoms with Crippen LogP contribution in [0.25, 0.3) is 0 Å². The zero-order valence-electron chi connectivity index (χ0n) is 16.0. The van der Waals surface area contributed by atoms with Crippen LogP contribution in [0.15, 0.2) is 71.3 Å². The van der Waals surface area contributed by atoms with E-state index >= 15 is 0 Å². The van der Waals surface area contributed by atoms with E-state index in [1.807, 2.05) is 0 Å². The first-order chi connectivity index (χ1) is 14.4. The van der Waals surface area contributed by atoms with Gasteiger partial charge in [0, 0.05) is 11.3 Å². The lowest BCUT2D eigenvalue weighted by atomic mass is 10.1. The van der Waals surface area contributed by atoms with Crippen molar-refractivity contribution in [2.45, 2.75) is 6.92 Å². The van der Waals surface area contributed by atoms with Crippen molar-refractivity contribution < 1.29 is 28.3 Å². The number of anilines is 2. The molecule has 8 heteroatoms. The Labute approximate surface area is 171 Å². The molecule has 0 saturated carbocycles. The maximum Gasteiger partial charge on any atom is 0.340 e. The van der Waals surface area contributed by atoms with E-state index in [4.69, 9.17) is 9.15 Å². The molecule has 1 heterocycles. The van der Waals surface area contributed by atoms with Gasteiger partial charge in [0.25, 0.3) is 11.8 Å². The van der Waals surface area contributed by atoms with Crippen molar-refractivity contribution in [3.05, 3.63) is 83.8 Å². The highest BCUT2D eigenvalue weighted by Gasteiger charge is 2.17. The quantitative estimate of drug-likeness (QED) is 0.458. The van der Waals surface area contributed by atoms with E-state index in [9.17, 15) is 19.2 Å². The second-order valence-corrected chi connectivity index (χ2v) is 6.24. The van der Waals surface area contributed by atoms with Gasteiger partial charge in [-0.3, -0.25) is 14.4 Å². The highest BCUT2D eigenvalue weighted by Crippen LogP contribution is 2.18. The van der Waals surface area contributed by atoms with Gasteiger partial charge in [0.1, 0.15) is 0 Å². The SMILES string of the molecule is CC(=O)c1cccc(NC(=O)COC(=O)c2ccccc2NC(=O)c2ccco2)c1. The molecule has 30 heavy (non-hydrogen) atoms. The molecule has 0 aliphatic heterocycles. The molecule has 0 bridgehead atoms. The van der Waals surface area contributed by atoms with Crippen LogP contribution in [0.2, 0.25) is 0 Å². The van der Waals surface area contributed by atoms with Crippen molar-refractivity contribution in [2.24, 2.45) is 0 Å². The molecule has 2 amide bonds. The number of nitrogens with one attached hydrogen (secondary N) is 2. The van der Waals surface area contributed by atoms with E-state index in [0.29, 0.717) is 11.3 Å². The summed E-state index contributed by atoms with van der Waals surface area (Å²) < 4.78 is 10.1. The number of ether oxygens (including phenoxy) is 1. The van der Waals surface area contributed by atoms with Crippen molar-refractivity contribution >= 4 is 34.9 Å². The van der Waals surface area contributed by atoms with Crippen LogP contribution in [0.4, 0.5) is 11.4 Å². The topological polar surface area (TPSA) is 115 Å². The first-order valence-corrected chi connectivity index (χ1v) is 8.96. The number of esters is 1. The summed E-state index contributed by atoms with van der Waals surface area (Å²) in [6, 6.07) is 15.7. The maximum absolute atomic E-state index is 12.4. The van der Waals surface area contributed by atoms with Gasteiger partial charge in [-0.15, -0.1) is 0 Å². The summed E-state index contributed by atoms with van der Waals surface area (Å²) in [4.78, 5) is 48.1. The monoisotopic (exact) mass is 406 g/mol. The zero-order chi connectivity index (χ0) is 21.5. The van der Waals surface area contributed by atoms with Crippen LogP contribution in [0.5, 0.6) is 0 Å². The van der Waals surface area contributed by atoms with Crippen molar-refractivity contribution in [3.8, 4) is 0 Å². The second-order valence-electron chi connectivity index (χ2n) is 6.24. The van der Waals surface area contributed by atoms with Crippen molar-refractivity contribution in [1.29, 1.82) is 0 Å². The van der Waals surface area contributed by atoms with Crippen molar-refractivity contribution in [3.63, 3.8) is 0 Å².